The lowest BCUT2D eigenvalue weighted by Gasteiger charge is -2.30. The van der Waals surface area contributed by atoms with Crippen LogP contribution < -0.4 is 5.32 Å². The van der Waals surface area contributed by atoms with Crippen molar-refractivity contribution in [2.24, 2.45) is 5.92 Å². The SMILES string of the molecule is CCOCCCNC(=O)C1CCN(S(=O)(=O)c2ccccc2F)CC1. The van der Waals surface area contributed by atoms with E-state index in [0.29, 0.717) is 32.6 Å². The summed E-state index contributed by atoms with van der Waals surface area (Å²) in [5, 5.41) is 2.86. The van der Waals surface area contributed by atoms with Crippen molar-refractivity contribution in [3.8, 4) is 0 Å². The average molecular weight is 372 g/mol. The van der Waals surface area contributed by atoms with Crippen LogP contribution in [-0.4, -0.2) is 51.5 Å². The van der Waals surface area contributed by atoms with Gasteiger partial charge in [0.05, 0.1) is 0 Å². The number of rotatable bonds is 8. The number of hydrogen-bond acceptors (Lipinski definition) is 4. The molecule has 1 N–H and O–H groups in total. The van der Waals surface area contributed by atoms with E-state index in [4.69, 9.17) is 4.74 Å². The van der Waals surface area contributed by atoms with Gasteiger partial charge in [-0.3, -0.25) is 4.79 Å². The molecule has 8 heteroatoms. The smallest absolute Gasteiger partial charge is 0.245 e. The van der Waals surface area contributed by atoms with Crippen LogP contribution in [0.4, 0.5) is 4.39 Å². The molecule has 2 rings (SSSR count). The number of nitrogens with zero attached hydrogens (tertiary/aromatic N) is 1. The molecule has 1 aromatic rings. The molecule has 1 aromatic carbocycles. The van der Waals surface area contributed by atoms with Crippen molar-refractivity contribution in [3.63, 3.8) is 0 Å². The summed E-state index contributed by atoms with van der Waals surface area (Å²) in [6.45, 7) is 4.16. The second-order valence-corrected chi connectivity index (χ2v) is 7.86. The maximum Gasteiger partial charge on any atom is 0.245 e. The van der Waals surface area contributed by atoms with E-state index in [0.717, 1.165) is 12.5 Å². The van der Waals surface area contributed by atoms with E-state index in [-0.39, 0.29) is 29.8 Å². The fourth-order valence-corrected chi connectivity index (χ4v) is 4.36. The molecule has 0 saturated carbocycles. The van der Waals surface area contributed by atoms with E-state index in [2.05, 4.69) is 5.32 Å². The maximum atomic E-state index is 13.8. The van der Waals surface area contributed by atoms with E-state index in [9.17, 15) is 17.6 Å². The Bertz CT molecular complexity index is 673. The van der Waals surface area contributed by atoms with Crippen molar-refractivity contribution in [2.45, 2.75) is 31.1 Å². The van der Waals surface area contributed by atoms with Crippen LogP contribution in [-0.2, 0) is 19.6 Å². The third-order valence-electron chi connectivity index (χ3n) is 4.25. The van der Waals surface area contributed by atoms with Crippen LogP contribution in [0.3, 0.4) is 0 Å². The van der Waals surface area contributed by atoms with Gasteiger partial charge in [-0.25, -0.2) is 12.8 Å². The van der Waals surface area contributed by atoms with Crippen molar-refractivity contribution in [3.05, 3.63) is 30.1 Å². The summed E-state index contributed by atoms with van der Waals surface area (Å²) in [5.41, 5.74) is 0. The zero-order valence-corrected chi connectivity index (χ0v) is 15.2. The molecule has 6 nitrogen and oxygen atoms in total. The lowest BCUT2D eigenvalue weighted by atomic mass is 9.97. The molecule has 0 aliphatic carbocycles. The summed E-state index contributed by atoms with van der Waals surface area (Å²) >= 11 is 0. The highest BCUT2D eigenvalue weighted by Crippen LogP contribution is 2.25. The number of hydrogen-bond donors (Lipinski definition) is 1. The minimum Gasteiger partial charge on any atom is -0.382 e. The number of amides is 1. The first-order valence-electron chi connectivity index (χ1n) is 8.57. The molecule has 25 heavy (non-hydrogen) atoms. The van der Waals surface area contributed by atoms with Crippen LogP contribution in [0.2, 0.25) is 0 Å². The number of benzene rings is 1. The van der Waals surface area contributed by atoms with Gasteiger partial charge < -0.3 is 10.1 Å². The molecule has 1 amide bonds. The normalized spacial score (nSPS) is 16.7. The van der Waals surface area contributed by atoms with Crippen LogP contribution in [0.15, 0.2) is 29.2 Å². The molecule has 1 fully saturated rings. The van der Waals surface area contributed by atoms with Crippen molar-refractivity contribution in [1.82, 2.24) is 9.62 Å². The van der Waals surface area contributed by atoms with Crippen molar-refractivity contribution < 1.29 is 22.3 Å². The van der Waals surface area contributed by atoms with Gasteiger partial charge in [0.2, 0.25) is 15.9 Å². The first-order chi connectivity index (χ1) is 12.0. The molecule has 0 radical (unpaired) electrons. The fourth-order valence-electron chi connectivity index (χ4n) is 2.83. The Hall–Kier alpha value is -1.51. The summed E-state index contributed by atoms with van der Waals surface area (Å²) in [5.74, 6) is -1.02. The summed E-state index contributed by atoms with van der Waals surface area (Å²) in [6.07, 6.45) is 1.62. The molecule has 0 unspecified atom stereocenters. The Labute approximate surface area is 148 Å². The molecule has 1 aliphatic rings. The van der Waals surface area contributed by atoms with Gasteiger partial charge >= 0.3 is 0 Å². The highest BCUT2D eigenvalue weighted by molar-refractivity contribution is 7.89. The molecule has 1 saturated heterocycles. The average Bonchev–Trinajstić information content (AvgIpc) is 2.61. The lowest BCUT2D eigenvalue weighted by molar-refractivity contribution is -0.126. The second-order valence-electron chi connectivity index (χ2n) is 5.95. The Morgan fingerprint density at radius 3 is 2.64 bits per heavy atom. The van der Waals surface area contributed by atoms with Crippen LogP contribution in [0, 0.1) is 11.7 Å². The number of nitrogens with one attached hydrogen (secondary N) is 1. The number of halogens is 1. The Balaban J connectivity index is 1.85. The van der Waals surface area contributed by atoms with Crippen LogP contribution in [0.5, 0.6) is 0 Å². The highest BCUT2D eigenvalue weighted by atomic mass is 32.2. The maximum absolute atomic E-state index is 13.8. The lowest BCUT2D eigenvalue weighted by Crippen LogP contribution is -2.43. The first kappa shape index (κ1) is 19.8. The van der Waals surface area contributed by atoms with Gasteiger partial charge in [-0.05, 0) is 38.3 Å². The van der Waals surface area contributed by atoms with Crippen molar-refractivity contribution >= 4 is 15.9 Å². The summed E-state index contributed by atoms with van der Waals surface area (Å²) in [6, 6.07) is 5.35. The zero-order valence-electron chi connectivity index (χ0n) is 14.4. The van der Waals surface area contributed by atoms with Gasteiger partial charge in [0.1, 0.15) is 10.7 Å². The van der Waals surface area contributed by atoms with Gasteiger partial charge in [0, 0.05) is 38.8 Å². The molecule has 0 aromatic heterocycles. The number of carbonyl (C=O) groups is 1. The molecule has 0 atom stereocenters. The Morgan fingerprint density at radius 1 is 1.32 bits per heavy atom. The predicted molar refractivity (Wildman–Crippen MR) is 92.0 cm³/mol. The van der Waals surface area contributed by atoms with Crippen molar-refractivity contribution in [1.29, 1.82) is 0 Å². The number of piperidine rings is 1. The van der Waals surface area contributed by atoms with Gasteiger partial charge in [-0.2, -0.15) is 4.31 Å². The Kier molecular flexibility index (Phi) is 7.34. The van der Waals surface area contributed by atoms with Crippen LogP contribution in [0.25, 0.3) is 0 Å². The summed E-state index contributed by atoms with van der Waals surface area (Å²) in [4.78, 5) is 11.8. The van der Waals surface area contributed by atoms with Gasteiger partial charge in [-0.15, -0.1) is 0 Å². The van der Waals surface area contributed by atoms with E-state index < -0.39 is 15.8 Å². The highest BCUT2D eigenvalue weighted by Gasteiger charge is 2.33. The number of sulfonamides is 1. The number of ether oxygens (including phenoxy) is 1. The van der Waals surface area contributed by atoms with E-state index in [1.807, 2.05) is 6.92 Å². The monoisotopic (exact) mass is 372 g/mol. The second kappa shape index (κ2) is 9.26. The quantitative estimate of drug-likeness (QED) is 0.706. The van der Waals surface area contributed by atoms with E-state index >= 15 is 0 Å². The van der Waals surface area contributed by atoms with E-state index in [1.165, 1.54) is 22.5 Å². The summed E-state index contributed by atoms with van der Waals surface area (Å²) in [7, 11) is -3.86. The standard InChI is InChI=1S/C17H25FN2O4S/c1-2-24-13-5-10-19-17(21)14-8-11-20(12-9-14)25(22,23)16-7-4-3-6-15(16)18/h3-4,6-7,14H,2,5,8-13H2,1H3,(H,19,21). The molecule has 140 valence electrons. The van der Waals surface area contributed by atoms with Gasteiger partial charge in [0.15, 0.2) is 0 Å². The van der Waals surface area contributed by atoms with E-state index in [1.54, 1.807) is 0 Å². The first-order valence-corrected chi connectivity index (χ1v) is 10.0. The molecular weight excluding hydrogens is 347 g/mol. The third-order valence-corrected chi connectivity index (χ3v) is 6.18. The molecule has 0 bridgehead atoms. The van der Waals surface area contributed by atoms with Crippen LogP contribution in [0.1, 0.15) is 26.2 Å². The summed E-state index contributed by atoms with van der Waals surface area (Å²) < 4.78 is 45.3. The fraction of sp³-hybridized carbons (Fsp3) is 0.588. The molecular formula is C17H25FN2O4S. The zero-order chi connectivity index (χ0) is 18.3. The third kappa shape index (κ3) is 5.23. The molecule has 1 aliphatic heterocycles. The predicted octanol–water partition coefficient (Wildman–Crippen LogP) is 1.77. The van der Waals surface area contributed by atoms with Crippen molar-refractivity contribution in [2.75, 3.05) is 32.8 Å². The largest absolute Gasteiger partial charge is 0.382 e. The minimum atomic E-state index is -3.86. The Morgan fingerprint density at radius 2 is 2.00 bits per heavy atom. The molecule has 1 heterocycles. The van der Waals surface area contributed by atoms with Gasteiger partial charge in [-0.1, -0.05) is 12.1 Å². The van der Waals surface area contributed by atoms with Crippen LogP contribution >= 0.6 is 0 Å². The topological polar surface area (TPSA) is 75.7 Å². The molecule has 0 spiro atoms. The minimum absolute atomic E-state index is 0.0561. The number of carbonyl (C=O) groups excluding carboxylic acids is 1. The van der Waals surface area contributed by atoms with Gasteiger partial charge in [0.25, 0.3) is 0 Å².